The van der Waals surface area contributed by atoms with Crippen LogP contribution in [0.25, 0.3) is 61.5 Å². The second-order valence-corrected chi connectivity index (χ2v) is 9.07. The largest absolute Gasteiger partial charge is 0.263 e. The van der Waals surface area contributed by atoms with E-state index in [1.54, 1.807) is 17.2 Å². The Kier molecular flexibility index (Phi) is 5.64. The summed E-state index contributed by atoms with van der Waals surface area (Å²) in [6, 6.07) is 30.0. The lowest BCUT2D eigenvalue weighted by Gasteiger charge is -2.09. The molecule has 0 bridgehead atoms. The van der Waals surface area contributed by atoms with Gasteiger partial charge < -0.3 is 0 Å². The van der Waals surface area contributed by atoms with Crippen LogP contribution in [0.2, 0.25) is 0 Å². The Hall–Kier alpha value is -5.56. The highest BCUT2D eigenvalue weighted by Crippen LogP contribution is 2.35. The maximum absolute atomic E-state index is 4.90. The van der Waals surface area contributed by atoms with E-state index in [2.05, 4.69) is 44.2 Å². The van der Waals surface area contributed by atoms with E-state index in [0.29, 0.717) is 0 Å². The molecule has 5 aromatic heterocycles. The first-order valence-corrected chi connectivity index (χ1v) is 12.5. The van der Waals surface area contributed by atoms with Crippen molar-refractivity contribution in [3.63, 3.8) is 0 Å². The van der Waals surface area contributed by atoms with Crippen LogP contribution in [0.1, 0.15) is 0 Å². The van der Waals surface area contributed by atoms with Gasteiger partial charge in [0.15, 0.2) is 0 Å². The minimum Gasteiger partial charge on any atom is -0.263 e. The monoisotopic (exact) mass is 503 g/mol. The number of hydrogen-bond donors (Lipinski definition) is 0. The first-order chi connectivity index (χ1) is 19.3. The van der Waals surface area contributed by atoms with Gasteiger partial charge in [0.25, 0.3) is 0 Å². The molecule has 0 fully saturated rings. The Balaban J connectivity index is 1.42. The van der Waals surface area contributed by atoms with Gasteiger partial charge in [-0.05, 0) is 66.2 Å². The van der Waals surface area contributed by atoms with E-state index in [-0.39, 0.29) is 0 Å². The predicted molar refractivity (Wildman–Crippen MR) is 152 cm³/mol. The maximum atomic E-state index is 4.90. The quantitative estimate of drug-likeness (QED) is 0.261. The second-order valence-electron chi connectivity index (χ2n) is 9.07. The minimum absolute atomic E-state index is 0.776. The van der Waals surface area contributed by atoms with E-state index in [4.69, 9.17) is 10.2 Å². The van der Waals surface area contributed by atoms with Gasteiger partial charge in [-0.1, -0.05) is 30.3 Å². The molecule has 0 saturated carbocycles. The lowest BCUT2D eigenvalue weighted by Crippen LogP contribution is -1.97. The minimum atomic E-state index is 0.776. The van der Waals surface area contributed by atoms with Gasteiger partial charge >= 0.3 is 0 Å². The van der Waals surface area contributed by atoms with Crippen molar-refractivity contribution < 1.29 is 0 Å². The predicted octanol–water partition coefficient (Wildman–Crippen LogP) is 6.67. The number of rotatable bonds is 5. The summed E-state index contributed by atoms with van der Waals surface area (Å²) in [5, 5.41) is 9.75. The summed E-state index contributed by atoms with van der Waals surface area (Å²) < 4.78 is 0. The van der Waals surface area contributed by atoms with Crippen molar-refractivity contribution >= 4 is 11.0 Å². The van der Waals surface area contributed by atoms with Crippen LogP contribution in [0.5, 0.6) is 0 Å². The number of hydrogen-bond acceptors (Lipinski definition) is 6. The van der Waals surface area contributed by atoms with E-state index in [0.717, 1.165) is 61.5 Å². The second kappa shape index (κ2) is 9.72. The molecular weight excluding hydrogens is 482 g/mol. The van der Waals surface area contributed by atoms with Gasteiger partial charge in [-0.3, -0.25) is 19.9 Å². The van der Waals surface area contributed by atoms with Crippen molar-refractivity contribution in [3.8, 4) is 50.5 Å². The number of fused-ring (bicyclic) bond motifs is 1. The molecule has 0 spiro atoms. The van der Waals surface area contributed by atoms with Gasteiger partial charge in [0.1, 0.15) is 11.0 Å². The van der Waals surface area contributed by atoms with Crippen LogP contribution in [0.3, 0.4) is 0 Å². The summed E-state index contributed by atoms with van der Waals surface area (Å²) >= 11 is 0. The Bertz CT molecular complexity index is 1900. The summed E-state index contributed by atoms with van der Waals surface area (Å²) in [7, 11) is 0. The third-order valence-corrected chi connectivity index (χ3v) is 6.52. The summed E-state index contributed by atoms with van der Waals surface area (Å²) in [4.78, 5) is 19.8. The highest BCUT2D eigenvalue weighted by Gasteiger charge is 2.16. The molecule has 0 radical (unpaired) electrons. The van der Waals surface area contributed by atoms with Crippen molar-refractivity contribution in [2.75, 3.05) is 0 Å². The third kappa shape index (κ3) is 4.42. The van der Waals surface area contributed by atoms with E-state index >= 15 is 0 Å². The zero-order chi connectivity index (χ0) is 26.0. The van der Waals surface area contributed by atoms with Crippen LogP contribution in [0.4, 0.5) is 0 Å². The molecular formula is C32H21N7. The average molecular weight is 504 g/mol. The van der Waals surface area contributed by atoms with Crippen molar-refractivity contribution in [3.05, 3.63) is 128 Å². The lowest BCUT2D eigenvalue weighted by atomic mass is 9.97. The molecule has 0 N–H and O–H groups in total. The number of aromatic nitrogens is 7. The van der Waals surface area contributed by atoms with Crippen LogP contribution in [-0.2, 0) is 0 Å². The molecule has 0 amide bonds. The molecule has 7 aromatic rings. The van der Waals surface area contributed by atoms with Crippen molar-refractivity contribution in [2.45, 2.75) is 0 Å². The molecule has 184 valence electrons. The number of benzene rings is 2. The topological polar surface area (TPSA) is 82.3 Å². The standard InChI is InChI=1S/C32H21N7/c1-2-8-27(9-3-1)39-37-31-17-22(23-14-25(20-33-18-23)29-10-4-6-12-35-29)16-28(32(31)38-39)24-15-26(21-34-19-24)30-11-5-7-13-36-30/h1-21H. The van der Waals surface area contributed by atoms with Gasteiger partial charge in [0.05, 0.1) is 17.1 Å². The maximum Gasteiger partial charge on any atom is 0.121 e. The molecule has 7 heteroatoms. The molecule has 0 aliphatic carbocycles. The number of nitrogens with zero attached hydrogens (tertiary/aromatic N) is 7. The first kappa shape index (κ1) is 22.6. The Morgan fingerprint density at radius 3 is 1.77 bits per heavy atom. The van der Waals surface area contributed by atoms with Crippen LogP contribution in [0, 0.1) is 0 Å². The highest BCUT2D eigenvalue weighted by molar-refractivity contribution is 5.96. The van der Waals surface area contributed by atoms with Gasteiger partial charge in [0, 0.05) is 65.0 Å². The lowest BCUT2D eigenvalue weighted by molar-refractivity contribution is 0.766. The highest BCUT2D eigenvalue weighted by atomic mass is 15.5. The van der Waals surface area contributed by atoms with E-state index in [9.17, 15) is 0 Å². The fourth-order valence-electron chi connectivity index (χ4n) is 4.62. The molecule has 0 aliphatic rings. The summed E-state index contributed by atoms with van der Waals surface area (Å²) in [5.74, 6) is 0. The summed E-state index contributed by atoms with van der Waals surface area (Å²) in [6.45, 7) is 0. The van der Waals surface area contributed by atoms with E-state index in [1.165, 1.54) is 0 Å². The fraction of sp³-hybridized carbons (Fsp3) is 0. The molecule has 7 rings (SSSR count). The molecule has 0 atom stereocenters. The molecule has 0 unspecified atom stereocenters. The summed E-state index contributed by atoms with van der Waals surface area (Å²) in [6.07, 6.45) is 10.9. The first-order valence-electron chi connectivity index (χ1n) is 12.5. The van der Waals surface area contributed by atoms with Gasteiger partial charge in [-0.2, -0.15) is 4.80 Å². The summed E-state index contributed by atoms with van der Waals surface area (Å²) in [5.41, 5.74) is 9.86. The average Bonchev–Trinajstić information content (AvgIpc) is 3.47. The molecule has 0 saturated heterocycles. The fourth-order valence-corrected chi connectivity index (χ4v) is 4.62. The number of pyridine rings is 4. The van der Waals surface area contributed by atoms with Crippen molar-refractivity contribution in [1.82, 2.24) is 34.9 Å². The van der Waals surface area contributed by atoms with Crippen LogP contribution >= 0.6 is 0 Å². The SMILES string of the molecule is c1ccc(-n2nc3cc(-c4cncc(-c5ccccn5)c4)cc(-c4cncc(-c5ccccn5)c4)c3n2)cc1. The molecule has 2 aromatic carbocycles. The van der Waals surface area contributed by atoms with Gasteiger partial charge in [0.2, 0.25) is 0 Å². The third-order valence-electron chi connectivity index (χ3n) is 6.52. The normalized spacial score (nSPS) is 11.1. The van der Waals surface area contributed by atoms with Gasteiger partial charge in [-0.15, -0.1) is 10.2 Å². The number of para-hydroxylation sites is 1. The smallest absolute Gasteiger partial charge is 0.121 e. The molecule has 5 heterocycles. The van der Waals surface area contributed by atoms with E-state index in [1.807, 2.05) is 91.5 Å². The Labute approximate surface area is 224 Å². The van der Waals surface area contributed by atoms with Gasteiger partial charge in [-0.25, -0.2) is 0 Å². The Morgan fingerprint density at radius 1 is 0.487 bits per heavy atom. The van der Waals surface area contributed by atoms with Crippen LogP contribution in [-0.4, -0.2) is 34.9 Å². The molecule has 7 nitrogen and oxygen atoms in total. The molecule has 0 aliphatic heterocycles. The zero-order valence-corrected chi connectivity index (χ0v) is 20.8. The van der Waals surface area contributed by atoms with E-state index < -0.39 is 0 Å². The van der Waals surface area contributed by atoms with Crippen LogP contribution in [0.15, 0.2) is 128 Å². The van der Waals surface area contributed by atoms with Crippen molar-refractivity contribution in [2.24, 2.45) is 0 Å². The molecule has 39 heavy (non-hydrogen) atoms. The van der Waals surface area contributed by atoms with Crippen LogP contribution < -0.4 is 0 Å². The van der Waals surface area contributed by atoms with Crippen molar-refractivity contribution in [1.29, 1.82) is 0 Å². The Morgan fingerprint density at radius 2 is 1.10 bits per heavy atom. The zero-order valence-electron chi connectivity index (χ0n) is 20.8.